The maximum atomic E-state index is 13.3. The van der Waals surface area contributed by atoms with Crippen molar-refractivity contribution < 1.29 is 18.7 Å². The number of amides is 1. The Labute approximate surface area is 97.9 Å². The third-order valence-corrected chi connectivity index (χ3v) is 1.93. The fourth-order valence-electron chi connectivity index (χ4n) is 1.19. The van der Waals surface area contributed by atoms with Crippen molar-refractivity contribution in [1.82, 2.24) is 0 Å². The van der Waals surface area contributed by atoms with Crippen LogP contribution in [0, 0.1) is 5.82 Å². The number of ether oxygens (including phenoxy) is 1. The number of rotatable bonds is 4. The third-order valence-electron chi connectivity index (χ3n) is 1.93. The lowest BCUT2D eigenvalue weighted by molar-refractivity contribution is -0.113. The second kappa shape index (κ2) is 5.79. The van der Waals surface area contributed by atoms with Gasteiger partial charge in [0.2, 0.25) is 5.91 Å². The van der Waals surface area contributed by atoms with Crippen LogP contribution in [-0.4, -0.2) is 18.5 Å². The first-order chi connectivity index (χ1) is 8.04. The first-order valence-electron chi connectivity index (χ1n) is 4.98. The van der Waals surface area contributed by atoms with Gasteiger partial charge in [-0.2, -0.15) is 0 Å². The summed E-state index contributed by atoms with van der Waals surface area (Å²) in [7, 11) is 0. The number of esters is 1. The Morgan fingerprint density at radius 3 is 2.76 bits per heavy atom. The van der Waals surface area contributed by atoms with Crippen molar-refractivity contribution in [3.8, 4) is 0 Å². The van der Waals surface area contributed by atoms with Gasteiger partial charge in [-0.25, -0.2) is 9.18 Å². The van der Waals surface area contributed by atoms with Gasteiger partial charge in [0.1, 0.15) is 5.82 Å². The molecule has 0 unspecified atom stereocenters. The van der Waals surface area contributed by atoms with Crippen molar-refractivity contribution in [3.63, 3.8) is 0 Å². The average Bonchev–Trinajstić information content (AvgIpc) is 2.28. The molecule has 0 bridgehead atoms. The summed E-state index contributed by atoms with van der Waals surface area (Å²) in [5, 5.41) is 0. The molecule has 1 aromatic carbocycles. The van der Waals surface area contributed by atoms with Crippen LogP contribution in [0.5, 0.6) is 0 Å². The molecule has 0 aliphatic carbocycles. The molecule has 0 saturated heterocycles. The van der Waals surface area contributed by atoms with Crippen molar-refractivity contribution in [3.05, 3.63) is 41.2 Å². The highest BCUT2D eigenvalue weighted by atomic mass is 19.1. The highest BCUT2D eigenvalue weighted by Crippen LogP contribution is 2.13. The summed E-state index contributed by atoms with van der Waals surface area (Å²) < 4.78 is 18.0. The number of nitrogens with two attached hydrogens (primary N) is 1. The van der Waals surface area contributed by atoms with E-state index in [2.05, 4.69) is 0 Å². The zero-order valence-electron chi connectivity index (χ0n) is 9.27. The Morgan fingerprint density at radius 1 is 1.47 bits per heavy atom. The summed E-state index contributed by atoms with van der Waals surface area (Å²) >= 11 is 0. The van der Waals surface area contributed by atoms with E-state index in [1.165, 1.54) is 18.2 Å². The summed E-state index contributed by atoms with van der Waals surface area (Å²) in [4.78, 5) is 21.9. The quantitative estimate of drug-likeness (QED) is 0.637. The summed E-state index contributed by atoms with van der Waals surface area (Å²) in [5.41, 5.74) is 5.25. The van der Waals surface area contributed by atoms with Crippen LogP contribution in [0.25, 0.3) is 6.08 Å². The lowest BCUT2D eigenvalue weighted by Gasteiger charge is -2.04. The number of halogens is 1. The highest BCUT2D eigenvalue weighted by molar-refractivity contribution is 5.92. The molecule has 17 heavy (non-hydrogen) atoms. The van der Waals surface area contributed by atoms with Crippen molar-refractivity contribution in [2.45, 2.75) is 6.92 Å². The fraction of sp³-hybridized carbons (Fsp3) is 0.167. The standard InChI is InChI=1S/C12H12FNO3/c1-2-17-12(16)9-7-8(3-5-10(9)13)4-6-11(14)15/h3-7H,2H2,1H3,(H2,14,15). The number of benzene rings is 1. The molecule has 0 aliphatic heterocycles. The van der Waals surface area contributed by atoms with Gasteiger partial charge in [0.15, 0.2) is 0 Å². The third kappa shape index (κ3) is 3.71. The van der Waals surface area contributed by atoms with E-state index in [4.69, 9.17) is 10.5 Å². The summed E-state index contributed by atoms with van der Waals surface area (Å²) in [5.74, 6) is -2.02. The van der Waals surface area contributed by atoms with E-state index in [1.54, 1.807) is 6.92 Å². The maximum Gasteiger partial charge on any atom is 0.341 e. The zero-order valence-corrected chi connectivity index (χ0v) is 9.27. The molecule has 0 saturated carbocycles. The molecule has 2 N–H and O–H groups in total. The predicted molar refractivity (Wildman–Crippen MR) is 60.6 cm³/mol. The molecule has 5 heteroatoms. The van der Waals surface area contributed by atoms with Crippen LogP contribution in [0.15, 0.2) is 24.3 Å². The predicted octanol–water partition coefficient (Wildman–Crippen LogP) is 1.50. The first kappa shape index (κ1) is 12.9. The number of carbonyl (C=O) groups is 2. The van der Waals surface area contributed by atoms with Crippen LogP contribution in [0.2, 0.25) is 0 Å². The van der Waals surface area contributed by atoms with E-state index < -0.39 is 17.7 Å². The van der Waals surface area contributed by atoms with Gasteiger partial charge in [0.25, 0.3) is 0 Å². The SMILES string of the molecule is CCOC(=O)c1cc(C=CC(N)=O)ccc1F. The lowest BCUT2D eigenvalue weighted by Crippen LogP contribution is -2.07. The summed E-state index contributed by atoms with van der Waals surface area (Å²) in [6.45, 7) is 1.80. The number of hydrogen-bond donors (Lipinski definition) is 1. The van der Waals surface area contributed by atoms with Gasteiger partial charge in [-0.3, -0.25) is 4.79 Å². The van der Waals surface area contributed by atoms with E-state index in [0.29, 0.717) is 5.56 Å². The van der Waals surface area contributed by atoms with E-state index in [-0.39, 0.29) is 12.2 Å². The van der Waals surface area contributed by atoms with Crippen LogP contribution in [0.1, 0.15) is 22.8 Å². The first-order valence-corrected chi connectivity index (χ1v) is 4.98. The summed E-state index contributed by atoms with van der Waals surface area (Å²) in [6, 6.07) is 3.86. The van der Waals surface area contributed by atoms with Crippen molar-refractivity contribution >= 4 is 18.0 Å². The second-order valence-electron chi connectivity index (χ2n) is 3.20. The number of carbonyl (C=O) groups excluding carboxylic acids is 2. The molecule has 0 spiro atoms. The molecule has 1 amide bonds. The van der Waals surface area contributed by atoms with Gasteiger partial charge >= 0.3 is 5.97 Å². The Balaban J connectivity index is 3.02. The number of primary amides is 1. The van der Waals surface area contributed by atoms with E-state index in [0.717, 1.165) is 12.1 Å². The second-order valence-corrected chi connectivity index (χ2v) is 3.20. The van der Waals surface area contributed by atoms with E-state index in [9.17, 15) is 14.0 Å². The van der Waals surface area contributed by atoms with Gasteiger partial charge in [-0.1, -0.05) is 6.07 Å². The fourth-order valence-corrected chi connectivity index (χ4v) is 1.19. The molecule has 0 atom stereocenters. The minimum Gasteiger partial charge on any atom is -0.462 e. The molecule has 1 rings (SSSR count). The number of hydrogen-bond acceptors (Lipinski definition) is 3. The molecule has 0 radical (unpaired) electrons. The largest absolute Gasteiger partial charge is 0.462 e. The lowest BCUT2D eigenvalue weighted by atomic mass is 10.1. The molecule has 0 aliphatic rings. The topological polar surface area (TPSA) is 69.4 Å². The van der Waals surface area contributed by atoms with Gasteiger partial charge in [0.05, 0.1) is 12.2 Å². The summed E-state index contributed by atoms with van der Waals surface area (Å²) in [6.07, 6.45) is 2.52. The molecule has 1 aromatic rings. The van der Waals surface area contributed by atoms with E-state index in [1.807, 2.05) is 0 Å². The maximum absolute atomic E-state index is 13.3. The molecular weight excluding hydrogens is 225 g/mol. The molecule has 0 aromatic heterocycles. The monoisotopic (exact) mass is 237 g/mol. The minimum atomic E-state index is -0.737. The Bertz CT molecular complexity index is 469. The molecule has 4 nitrogen and oxygen atoms in total. The van der Waals surface area contributed by atoms with Gasteiger partial charge in [-0.05, 0) is 30.7 Å². The van der Waals surface area contributed by atoms with Gasteiger partial charge in [0, 0.05) is 6.08 Å². The molecular formula is C12H12FNO3. The smallest absolute Gasteiger partial charge is 0.341 e. The van der Waals surface area contributed by atoms with Crippen LogP contribution >= 0.6 is 0 Å². The van der Waals surface area contributed by atoms with Crippen molar-refractivity contribution in [1.29, 1.82) is 0 Å². The molecule has 0 heterocycles. The van der Waals surface area contributed by atoms with E-state index >= 15 is 0 Å². The normalized spacial score (nSPS) is 10.5. The molecule has 90 valence electrons. The minimum absolute atomic E-state index is 0.166. The van der Waals surface area contributed by atoms with Crippen LogP contribution in [0.3, 0.4) is 0 Å². The van der Waals surface area contributed by atoms with Crippen molar-refractivity contribution in [2.24, 2.45) is 5.73 Å². The Morgan fingerprint density at radius 2 is 2.18 bits per heavy atom. The molecule has 0 fully saturated rings. The Kier molecular flexibility index (Phi) is 4.39. The van der Waals surface area contributed by atoms with Crippen LogP contribution in [0.4, 0.5) is 4.39 Å². The highest BCUT2D eigenvalue weighted by Gasteiger charge is 2.12. The van der Waals surface area contributed by atoms with Crippen molar-refractivity contribution in [2.75, 3.05) is 6.61 Å². The average molecular weight is 237 g/mol. The van der Waals surface area contributed by atoms with Gasteiger partial charge < -0.3 is 10.5 Å². The van der Waals surface area contributed by atoms with Crippen LogP contribution < -0.4 is 5.73 Å². The van der Waals surface area contributed by atoms with Crippen LogP contribution in [-0.2, 0) is 9.53 Å². The van der Waals surface area contributed by atoms with Gasteiger partial charge in [-0.15, -0.1) is 0 Å². The Hall–Kier alpha value is -2.17. The zero-order chi connectivity index (χ0) is 12.8.